The lowest BCUT2D eigenvalue weighted by atomic mass is 9.91. The lowest BCUT2D eigenvalue weighted by Gasteiger charge is -2.22. The molecule has 2 aromatic carbocycles. The van der Waals surface area contributed by atoms with Crippen LogP contribution in [0.3, 0.4) is 0 Å². The molecule has 27 heavy (non-hydrogen) atoms. The number of nitrogens with zero attached hydrogens (tertiary/aromatic N) is 3. The summed E-state index contributed by atoms with van der Waals surface area (Å²) >= 11 is 0. The Bertz CT molecular complexity index is 1190. The van der Waals surface area contributed by atoms with E-state index in [-0.39, 0.29) is 22.8 Å². The number of esters is 1. The minimum absolute atomic E-state index is 0.0574. The second-order valence-electron chi connectivity index (χ2n) is 6.16. The third-order valence-electron chi connectivity index (χ3n) is 4.65. The van der Waals surface area contributed by atoms with Crippen molar-refractivity contribution in [1.82, 2.24) is 9.55 Å². The summed E-state index contributed by atoms with van der Waals surface area (Å²) in [6.45, 7) is 0. The number of hydrogen-bond acceptors (Lipinski definition) is 7. The predicted octanol–water partition coefficient (Wildman–Crippen LogP) is 1.41. The number of nitro benzene ring substituents is 1. The molecule has 9 heteroatoms. The van der Waals surface area contributed by atoms with Crippen LogP contribution in [0.1, 0.15) is 17.8 Å². The van der Waals surface area contributed by atoms with E-state index in [0.717, 1.165) is 13.2 Å². The zero-order chi connectivity index (χ0) is 19.3. The third kappa shape index (κ3) is 2.32. The van der Waals surface area contributed by atoms with E-state index in [1.165, 1.54) is 16.7 Å². The van der Waals surface area contributed by atoms with Crippen molar-refractivity contribution < 1.29 is 19.6 Å². The number of carbonyl (C=O) groups excluding carboxylic acids is 1. The average Bonchev–Trinajstić information content (AvgIpc) is 2.90. The molecule has 0 bridgehead atoms. The van der Waals surface area contributed by atoms with E-state index < -0.39 is 28.5 Å². The Labute approximate surface area is 151 Å². The van der Waals surface area contributed by atoms with Crippen LogP contribution >= 0.6 is 0 Å². The van der Waals surface area contributed by atoms with Crippen molar-refractivity contribution in [3.05, 3.63) is 74.3 Å². The second-order valence-corrected chi connectivity index (χ2v) is 6.16. The molecule has 1 atom stereocenters. The molecule has 0 aliphatic carbocycles. The molecule has 0 saturated heterocycles. The number of nitro groups is 1. The number of benzene rings is 2. The molecule has 1 aliphatic rings. The summed E-state index contributed by atoms with van der Waals surface area (Å²) in [6.07, 6.45) is -0.539. The van der Waals surface area contributed by atoms with Crippen molar-refractivity contribution in [3.63, 3.8) is 0 Å². The second kappa shape index (κ2) is 5.71. The van der Waals surface area contributed by atoms with Crippen LogP contribution in [0.5, 0.6) is 0 Å². The number of ether oxygens (including phenoxy) is 1. The molecule has 1 unspecified atom stereocenters. The number of rotatable bonds is 3. The van der Waals surface area contributed by atoms with Gasteiger partial charge in [-0.15, -0.1) is 0 Å². The first-order chi connectivity index (χ1) is 12.9. The summed E-state index contributed by atoms with van der Waals surface area (Å²) in [4.78, 5) is 39.9. The first-order valence-corrected chi connectivity index (χ1v) is 7.97. The highest BCUT2D eigenvalue weighted by molar-refractivity contribution is 5.80. The SMILES string of the molecule is COC(=O)CC1(O)c2cc([N+](=O)[O-])ccc2-n2c1nc1ccccc1c2=O. The molecule has 9 nitrogen and oxygen atoms in total. The molecule has 1 aliphatic heterocycles. The number of hydrogen-bond donors (Lipinski definition) is 1. The Kier molecular flexibility index (Phi) is 3.57. The molecule has 0 saturated carbocycles. The molecule has 0 spiro atoms. The van der Waals surface area contributed by atoms with Crippen LogP contribution in [0.2, 0.25) is 0 Å². The van der Waals surface area contributed by atoms with E-state index in [1.807, 2.05) is 0 Å². The van der Waals surface area contributed by atoms with Crippen molar-refractivity contribution in [1.29, 1.82) is 0 Å². The number of aliphatic hydroxyl groups is 1. The van der Waals surface area contributed by atoms with Gasteiger partial charge in [-0.1, -0.05) is 12.1 Å². The van der Waals surface area contributed by atoms with Crippen molar-refractivity contribution in [3.8, 4) is 5.69 Å². The van der Waals surface area contributed by atoms with Crippen LogP contribution in [-0.4, -0.2) is 32.7 Å². The Balaban J connectivity index is 2.10. The Hall–Kier alpha value is -3.59. The molecule has 0 radical (unpaired) electrons. The fraction of sp³-hybridized carbons (Fsp3) is 0.167. The average molecular weight is 367 g/mol. The fourth-order valence-corrected chi connectivity index (χ4v) is 3.37. The van der Waals surface area contributed by atoms with Crippen LogP contribution in [0.4, 0.5) is 5.69 Å². The Morgan fingerprint density at radius 3 is 2.78 bits per heavy atom. The van der Waals surface area contributed by atoms with Crippen LogP contribution in [-0.2, 0) is 15.1 Å². The van der Waals surface area contributed by atoms with Crippen molar-refractivity contribution >= 4 is 22.6 Å². The topological polar surface area (TPSA) is 125 Å². The van der Waals surface area contributed by atoms with Gasteiger partial charge in [-0.2, -0.15) is 0 Å². The number of non-ortho nitro benzene ring substituents is 1. The zero-order valence-electron chi connectivity index (χ0n) is 14.1. The smallest absolute Gasteiger partial charge is 0.309 e. The lowest BCUT2D eigenvalue weighted by Crippen LogP contribution is -2.32. The molecule has 136 valence electrons. The molecular weight excluding hydrogens is 354 g/mol. The van der Waals surface area contributed by atoms with E-state index in [4.69, 9.17) is 0 Å². The monoisotopic (exact) mass is 367 g/mol. The van der Waals surface area contributed by atoms with Gasteiger partial charge in [0.05, 0.1) is 35.0 Å². The Morgan fingerprint density at radius 2 is 2.07 bits per heavy atom. The summed E-state index contributed by atoms with van der Waals surface area (Å²) in [5, 5.41) is 22.8. The van der Waals surface area contributed by atoms with Gasteiger partial charge < -0.3 is 9.84 Å². The van der Waals surface area contributed by atoms with Gasteiger partial charge in [0, 0.05) is 17.7 Å². The number of aromatic nitrogens is 2. The largest absolute Gasteiger partial charge is 0.469 e. The summed E-state index contributed by atoms with van der Waals surface area (Å²) in [6, 6.07) is 10.3. The van der Waals surface area contributed by atoms with Gasteiger partial charge in [0.15, 0.2) is 11.4 Å². The van der Waals surface area contributed by atoms with Gasteiger partial charge in [-0.3, -0.25) is 24.3 Å². The molecular formula is C18H13N3O6. The highest BCUT2D eigenvalue weighted by Gasteiger charge is 2.47. The summed E-state index contributed by atoms with van der Waals surface area (Å²) < 4.78 is 5.84. The predicted molar refractivity (Wildman–Crippen MR) is 93.6 cm³/mol. The Morgan fingerprint density at radius 1 is 1.33 bits per heavy atom. The fourth-order valence-electron chi connectivity index (χ4n) is 3.37. The van der Waals surface area contributed by atoms with Gasteiger partial charge in [0.1, 0.15) is 0 Å². The van der Waals surface area contributed by atoms with Crippen LogP contribution in [0, 0.1) is 10.1 Å². The molecule has 1 N–H and O–H groups in total. The molecule has 4 rings (SSSR count). The van der Waals surface area contributed by atoms with Crippen molar-refractivity contribution in [2.24, 2.45) is 0 Å². The van der Waals surface area contributed by atoms with E-state index in [9.17, 15) is 24.8 Å². The number of carbonyl (C=O) groups is 1. The normalized spacial score (nSPS) is 17.4. The summed E-state index contributed by atoms with van der Waals surface area (Å²) in [5.74, 6) is -0.821. The van der Waals surface area contributed by atoms with Crippen LogP contribution < -0.4 is 5.56 Å². The van der Waals surface area contributed by atoms with Crippen molar-refractivity contribution in [2.75, 3.05) is 7.11 Å². The first-order valence-electron chi connectivity index (χ1n) is 7.97. The zero-order valence-corrected chi connectivity index (χ0v) is 14.1. The van der Waals surface area contributed by atoms with E-state index in [0.29, 0.717) is 10.9 Å². The maximum atomic E-state index is 13.0. The molecule has 0 amide bonds. The highest BCUT2D eigenvalue weighted by Crippen LogP contribution is 2.43. The van der Waals surface area contributed by atoms with E-state index in [1.54, 1.807) is 24.3 Å². The minimum atomic E-state index is -2.03. The van der Waals surface area contributed by atoms with Gasteiger partial charge in [-0.25, -0.2) is 4.98 Å². The van der Waals surface area contributed by atoms with Gasteiger partial charge in [0.25, 0.3) is 11.2 Å². The van der Waals surface area contributed by atoms with E-state index >= 15 is 0 Å². The van der Waals surface area contributed by atoms with Crippen molar-refractivity contribution in [2.45, 2.75) is 12.0 Å². The van der Waals surface area contributed by atoms with Gasteiger partial charge in [-0.05, 0) is 18.2 Å². The van der Waals surface area contributed by atoms with Gasteiger partial charge in [0.2, 0.25) is 0 Å². The quantitative estimate of drug-likeness (QED) is 0.421. The number of fused-ring (bicyclic) bond motifs is 4. The number of methoxy groups -OCH3 is 1. The first kappa shape index (κ1) is 16.9. The third-order valence-corrected chi connectivity index (χ3v) is 4.65. The highest BCUT2D eigenvalue weighted by atomic mass is 16.6. The van der Waals surface area contributed by atoms with Crippen LogP contribution in [0.25, 0.3) is 16.6 Å². The number of para-hydroxylation sites is 1. The van der Waals surface area contributed by atoms with Crippen LogP contribution in [0.15, 0.2) is 47.3 Å². The lowest BCUT2D eigenvalue weighted by molar-refractivity contribution is -0.385. The maximum absolute atomic E-state index is 13.0. The maximum Gasteiger partial charge on any atom is 0.309 e. The molecule has 2 heterocycles. The minimum Gasteiger partial charge on any atom is -0.469 e. The molecule has 1 aromatic heterocycles. The van der Waals surface area contributed by atoms with Gasteiger partial charge >= 0.3 is 5.97 Å². The summed E-state index contributed by atoms with van der Waals surface area (Å²) in [7, 11) is 1.16. The molecule has 0 fully saturated rings. The molecule has 3 aromatic rings. The summed E-state index contributed by atoms with van der Waals surface area (Å²) in [5.41, 5.74) is -2.10. The standard InChI is InChI=1S/C18H13N3O6/c1-27-15(22)9-18(24)12-8-10(21(25)26)6-7-14(12)20-16(23)11-4-2-3-5-13(11)19-17(18)20/h2-8,24H,9H2,1H3. The van der Waals surface area contributed by atoms with E-state index in [2.05, 4.69) is 9.72 Å².